The summed E-state index contributed by atoms with van der Waals surface area (Å²) in [5, 5.41) is 11.0. The Hall–Kier alpha value is -1.90. The third-order valence-corrected chi connectivity index (χ3v) is 3.77. The van der Waals surface area contributed by atoms with Crippen molar-refractivity contribution >= 4 is 6.08 Å². The number of ether oxygens (including phenoxy) is 1. The monoisotopic (exact) mass is 266 g/mol. The van der Waals surface area contributed by atoms with E-state index in [0.29, 0.717) is 13.2 Å². The van der Waals surface area contributed by atoms with Crippen molar-refractivity contribution in [2.45, 2.75) is 12.5 Å². The molecular formula is C18H18O2. The molecule has 2 nitrogen and oxygen atoms in total. The van der Waals surface area contributed by atoms with Crippen LogP contribution in [0.1, 0.15) is 16.7 Å². The minimum absolute atomic E-state index is 0.314. The summed E-state index contributed by atoms with van der Waals surface area (Å²) in [6, 6.07) is 18.0. The van der Waals surface area contributed by atoms with Crippen LogP contribution in [0.15, 0.2) is 60.2 Å². The quantitative estimate of drug-likeness (QED) is 0.903. The topological polar surface area (TPSA) is 29.5 Å². The molecule has 0 aliphatic carbocycles. The number of rotatable bonds is 2. The standard InChI is InChI=1S/C18H18O2/c1-14-7-9-16(10-8-14)18(19)13-20-12-17(18)11-15-5-3-2-4-6-15/h2-11,19H,12-13H2,1H3/b17-11-/t18-/m0/s1. The van der Waals surface area contributed by atoms with Gasteiger partial charge in [-0.15, -0.1) is 0 Å². The first-order chi connectivity index (χ1) is 9.68. The summed E-state index contributed by atoms with van der Waals surface area (Å²) >= 11 is 0. The molecule has 0 aromatic heterocycles. The van der Waals surface area contributed by atoms with Gasteiger partial charge in [0.25, 0.3) is 0 Å². The Balaban J connectivity index is 1.99. The van der Waals surface area contributed by atoms with Gasteiger partial charge < -0.3 is 9.84 Å². The number of hydrogen-bond acceptors (Lipinski definition) is 2. The Morgan fingerprint density at radius 2 is 1.75 bits per heavy atom. The minimum atomic E-state index is -1.01. The van der Waals surface area contributed by atoms with E-state index < -0.39 is 5.60 Å². The van der Waals surface area contributed by atoms with Gasteiger partial charge in [0.1, 0.15) is 5.60 Å². The summed E-state index contributed by atoms with van der Waals surface area (Å²) in [6.45, 7) is 2.83. The van der Waals surface area contributed by atoms with Gasteiger partial charge in [0.05, 0.1) is 13.2 Å². The second kappa shape index (κ2) is 5.23. The Kier molecular flexibility index (Phi) is 3.43. The number of benzene rings is 2. The van der Waals surface area contributed by atoms with Crippen molar-refractivity contribution in [3.8, 4) is 0 Å². The molecule has 1 saturated heterocycles. The lowest BCUT2D eigenvalue weighted by molar-refractivity contribution is 0.0402. The van der Waals surface area contributed by atoms with Crippen molar-refractivity contribution < 1.29 is 9.84 Å². The molecule has 2 heteroatoms. The third kappa shape index (κ3) is 2.40. The largest absolute Gasteiger partial charge is 0.378 e. The average Bonchev–Trinajstić information content (AvgIpc) is 2.83. The summed E-state index contributed by atoms with van der Waals surface area (Å²) in [5.74, 6) is 0. The first kappa shape index (κ1) is 13.1. The molecule has 1 N–H and O–H groups in total. The Labute approximate surface area is 119 Å². The van der Waals surface area contributed by atoms with E-state index in [-0.39, 0.29) is 0 Å². The molecule has 1 heterocycles. The van der Waals surface area contributed by atoms with E-state index in [9.17, 15) is 5.11 Å². The van der Waals surface area contributed by atoms with Crippen LogP contribution < -0.4 is 0 Å². The van der Waals surface area contributed by atoms with E-state index in [2.05, 4.69) is 0 Å². The predicted octanol–water partition coefficient (Wildman–Crippen LogP) is 3.30. The predicted molar refractivity (Wildman–Crippen MR) is 80.3 cm³/mol. The van der Waals surface area contributed by atoms with Gasteiger partial charge in [-0.05, 0) is 23.6 Å². The maximum absolute atomic E-state index is 11.0. The molecule has 0 saturated carbocycles. The highest BCUT2D eigenvalue weighted by Crippen LogP contribution is 2.36. The zero-order valence-electron chi connectivity index (χ0n) is 11.5. The van der Waals surface area contributed by atoms with Crippen LogP contribution in [0.5, 0.6) is 0 Å². The van der Waals surface area contributed by atoms with Crippen LogP contribution in [0.3, 0.4) is 0 Å². The van der Waals surface area contributed by atoms with Gasteiger partial charge in [0, 0.05) is 0 Å². The molecule has 2 aromatic rings. The zero-order valence-corrected chi connectivity index (χ0v) is 11.5. The molecule has 3 rings (SSSR count). The van der Waals surface area contributed by atoms with E-state index in [1.54, 1.807) is 0 Å². The highest BCUT2D eigenvalue weighted by molar-refractivity contribution is 5.57. The maximum Gasteiger partial charge on any atom is 0.136 e. The Bertz CT molecular complexity index is 614. The molecule has 0 radical (unpaired) electrons. The molecule has 0 spiro atoms. The molecule has 1 fully saturated rings. The van der Waals surface area contributed by atoms with Crippen molar-refractivity contribution in [3.63, 3.8) is 0 Å². The van der Waals surface area contributed by atoms with Crippen LogP contribution in [0.4, 0.5) is 0 Å². The highest BCUT2D eigenvalue weighted by Gasteiger charge is 2.38. The molecule has 1 atom stereocenters. The number of aliphatic hydroxyl groups is 1. The lowest BCUT2D eigenvalue weighted by atomic mass is 9.87. The Morgan fingerprint density at radius 1 is 1.05 bits per heavy atom. The summed E-state index contributed by atoms with van der Waals surface area (Å²) in [7, 11) is 0. The van der Waals surface area contributed by atoms with Crippen molar-refractivity contribution in [2.24, 2.45) is 0 Å². The molecule has 102 valence electrons. The molecular weight excluding hydrogens is 248 g/mol. The van der Waals surface area contributed by atoms with Crippen molar-refractivity contribution in [1.82, 2.24) is 0 Å². The second-order valence-electron chi connectivity index (χ2n) is 5.30. The van der Waals surface area contributed by atoms with E-state index in [1.165, 1.54) is 5.56 Å². The van der Waals surface area contributed by atoms with Crippen LogP contribution in [0.2, 0.25) is 0 Å². The van der Waals surface area contributed by atoms with Crippen molar-refractivity contribution in [3.05, 3.63) is 76.9 Å². The molecule has 20 heavy (non-hydrogen) atoms. The molecule has 0 amide bonds. The van der Waals surface area contributed by atoms with Gasteiger partial charge in [-0.2, -0.15) is 0 Å². The van der Waals surface area contributed by atoms with E-state index >= 15 is 0 Å². The molecule has 0 bridgehead atoms. The lowest BCUT2D eigenvalue weighted by Crippen LogP contribution is -2.27. The zero-order chi connectivity index (χ0) is 14.0. The lowest BCUT2D eigenvalue weighted by Gasteiger charge is -2.23. The smallest absolute Gasteiger partial charge is 0.136 e. The van der Waals surface area contributed by atoms with Gasteiger partial charge >= 0.3 is 0 Å². The average molecular weight is 266 g/mol. The maximum atomic E-state index is 11.0. The van der Waals surface area contributed by atoms with Gasteiger partial charge in [-0.25, -0.2) is 0 Å². The molecule has 2 aromatic carbocycles. The fourth-order valence-electron chi connectivity index (χ4n) is 2.53. The number of hydrogen-bond donors (Lipinski definition) is 1. The fraction of sp³-hybridized carbons (Fsp3) is 0.222. The molecule has 0 unspecified atom stereocenters. The van der Waals surface area contributed by atoms with Gasteiger partial charge in [-0.1, -0.05) is 66.2 Å². The van der Waals surface area contributed by atoms with Crippen LogP contribution in [0, 0.1) is 6.92 Å². The van der Waals surface area contributed by atoms with Crippen LogP contribution in [-0.2, 0) is 10.3 Å². The minimum Gasteiger partial charge on any atom is -0.378 e. The molecule has 1 aliphatic rings. The second-order valence-corrected chi connectivity index (χ2v) is 5.30. The van der Waals surface area contributed by atoms with E-state index in [1.807, 2.05) is 67.6 Å². The SMILES string of the molecule is Cc1ccc([C@@]2(O)COC/C2=C/c2ccccc2)cc1. The molecule has 1 aliphatic heterocycles. The summed E-state index contributed by atoms with van der Waals surface area (Å²) < 4.78 is 5.51. The summed E-state index contributed by atoms with van der Waals surface area (Å²) in [5.41, 5.74) is 3.06. The van der Waals surface area contributed by atoms with Crippen molar-refractivity contribution in [1.29, 1.82) is 0 Å². The van der Waals surface area contributed by atoms with E-state index in [0.717, 1.165) is 16.7 Å². The van der Waals surface area contributed by atoms with Gasteiger partial charge in [0.2, 0.25) is 0 Å². The van der Waals surface area contributed by atoms with Gasteiger partial charge in [0.15, 0.2) is 0 Å². The van der Waals surface area contributed by atoms with Crippen LogP contribution >= 0.6 is 0 Å². The Morgan fingerprint density at radius 3 is 2.45 bits per heavy atom. The normalized spacial score (nSPS) is 24.2. The van der Waals surface area contributed by atoms with Gasteiger partial charge in [-0.3, -0.25) is 0 Å². The fourth-order valence-corrected chi connectivity index (χ4v) is 2.53. The highest BCUT2D eigenvalue weighted by atomic mass is 16.5. The third-order valence-electron chi connectivity index (χ3n) is 3.77. The van der Waals surface area contributed by atoms with Crippen LogP contribution in [0.25, 0.3) is 6.08 Å². The van der Waals surface area contributed by atoms with Crippen molar-refractivity contribution in [2.75, 3.05) is 13.2 Å². The first-order valence-electron chi connectivity index (χ1n) is 6.82. The van der Waals surface area contributed by atoms with E-state index in [4.69, 9.17) is 4.74 Å². The van der Waals surface area contributed by atoms with Crippen LogP contribution in [-0.4, -0.2) is 18.3 Å². The summed E-state index contributed by atoms with van der Waals surface area (Å²) in [4.78, 5) is 0. The number of aryl methyl sites for hydroxylation is 1. The first-order valence-corrected chi connectivity index (χ1v) is 6.82. The summed E-state index contributed by atoms with van der Waals surface area (Å²) in [6.07, 6.45) is 2.02.